The Bertz CT molecular complexity index is 1200. The number of nitrogens with zero attached hydrogens (tertiary/aromatic N) is 1. The molecule has 3 N–H and O–H groups in total. The molecule has 0 aromatic heterocycles. The zero-order chi connectivity index (χ0) is 28.5. The lowest BCUT2D eigenvalue weighted by atomic mass is 9.94. The molecular formula is C25H27F3N3O6S-. The molecule has 1 amide bonds. The lowest BCUT2D eigenvalue weighted by molar-refractivity contribution is -0.141. The molecule has 0 saturated carbocycles. The van der Waals surface area contributed by atoms with Crippen molar-refractivity contribution in [2.24, 2.45) is 0 Å². The van der Waals surface area contributed by atoms with E-state index < -0.39 is 45.1 Å². The maximum atomic E-state index is 13.2. The molecule has 0 spiro atoms. The van der Waals surface area contributed by atoms with Crippen molar-refractivity contribution in [1.82, 2.24) is 0 Å². The molecule has 0 heterocycles. The van der Waals surface area contributed by atoms with E-state index in [0.717, 1.165) is 31.9 Å². The number of carbonyl (C=O) groups is 2. The number of nitriles is 1. The molecule has 0 bridgehead atoms. The van der Waals surface area contributed by atoms with Crippen molar-refractivity contribution in [3.63, 3.8) is 0 Å². The van der Waals surface area contributed by atoms with Crippen LogP contribution in [0.1, 0.15) is 54.5 Å². The molecule has 206 valence electrons. The number of ether oxygens (including phenoxy) is 1. The van der Waals surface area contributed by atoms with Crippen LogP contribution in [0.15, 0.2) is 42.5 Å². The van der Waals surface area contributed by atoms with Crippen LogP contribution in [0.2, 0.25) is 0 Å². The first-order valence-corrected chi connectivity index (χ1v) is 12.6. The van der Waals surface area contributed by atoms with Gasteiger partial charge in [0.05, 0.1) is 29.6 Å². The topological polar surface area (TPSA) is 152 Å². The summed E-state index contributed by atoms with van der Waals surface area (Å²) < 4.78 is 68.3. The number of halogens is 3. The van der Waals surface area contributed by atoms with Crippen LogP contribution in [0.4, 0.5) is 24.5 Å². The molecule has 2 aromatic rings. The Kier molecular flexibility index (Phi) is 10.8. The van der Waals surface area contributed by atoms with Crippen LogP contribution in [0, 0.1) is 11.3 Å². The van der Waals surface area contributed by atoms with E-state index in [1.807, 2.05) is 0 Å². The number of rotatable bonds is 12. The van der Waals surface area contributed by atoms with Crippen LogP contribution in [-0.4, -0.2) is 45.0 Å². The Morgan fingerprint density at radius 2 is 1.76 bits per heavy atom. The normalized spacial score (nSPS) is 14.5. The van der Waals surface area contributed by atoms with Crippen LogP contribution < -0.4 is 10.6 Å². The van der Waals surface area contributed by atoms with Crippen molar-refractivity contribution in [2.75, 3.05) is 24.3 Å². The largest absolute Gasteiger partial charge is 0.772 e. The summed E-state index contributed by atoms with van der Waals surface area (Å²) in [4.78, 5) is 23.9. The first-order chi connectivity index (χ1) is 17.8. The molecular weight excluding hydrogens is 527 g/mol. The van der Waals surface area contributed by atoms with E-state index in [-0.39, 0.29) is 17.2 Å². The summed E-state index contributed by atoms with van der Waals surface area (Å²) in [6.07, 6.45) is -2.29. The second-order valence-corrected chi connectivity index (χ2v) is 9.54. The van der Waals surface area contributed by atoms with Crippen LogP contribution in [0.3, 0.4) is 0 Å². The zero-order valence-corrected chi connectivity index (χ0v) is 21.4. The smallest absolute Gasteiger partial charge is 0.417 e. The number of unbranched alkanes of at least 4 members (excludes halogenated alkanes) is 2. The summed E-state index contributed by atoms with van der Waals surface area (Å²) in [6, 6.07) is 9.80. The first-order valence-electron chi connectivity index (χ1n) is 11.4. The Morgan fingerprint density at radius 1 is 1.13 bits per heavy atom. The third kappa shape index (κ3) is 8.27. The second kappa shape index (κ2) is 13.4. The second-order valence-electron chi connectivity index (χ2n) is 8.55. The summed E-state index contributed by atoms with van der Waals surface area (Å²) in [5.74, 6) is -1.52. The maximum Gasteiger partial charge on any atom is 0.417 e. The highest BCUT2D eigenvalue weighted by Crippen LogP contribution is 2.35. The number of carbonyl (C=O) groups excluding carboxylic acids is 2. The van der Waals surface area contributed by atoms with Gasteiger partial charge in [-0.2, -0.15) is 18.4 Å². The molecule has 13 heteroatoms. The molecule has 0 saturated heterocycles. The Morgan fingerprint density at radius 3 is 2.32 bits per heavy atom. The van der Waals surface area contributed by atoms with Gasteiger partial charge in [0.1, 0.15) is 0 Å². The molecule has 0 aliphatic carbocycles. The van der Waals surface area contributed by atoms with Gasteiger partial charge in [0.2, 0.25) is 0 Å². The van der Waals surface area contributed by atoms with Gasteiger partial charge < -0.3 is 25.0 Å². The quantitative estimate of drug-likeness (QED) is 0.202. The number of methoxy groups -OCH3 is 1. The monoisotopic (exact) mass is 554 g/mol. The molecule has 0 aliphatic rings. The number of hydrogen-bond donors (Lipinski definition) is 3. The van der Waals surface area contributed by atoms with Gasteiger partial charge in [-0.05, 0) is 66.7 Å². The van der Waals surface area contributed by atoms with Crippen LogP contribution >= 0.6 is 0 Å². The maximum absolute atomic E-state index is 13.2. The third-order valence-corrected chi connectivity index (χ3v) is 6.81. The number of nitrogens with one attached hydrogen (secondary N) is 2. The predicted octanol–water partition coefficient (Wildman–Crippen LogP) is 4.03. The van der Waals surface area contributed by atoms with Crippen LogP contribution in [-0.2, 0) is 31.6 Å². The molecule has 38 heavy (non-hydrogen) atoms. The average Bonchev–Trinajstić information content (AvgIpc) is 2.85. The van der Waals surface area contributed by atoms with Crippen molar-refractivity contribution >= 4 is 34.3 Å². The third-order valence-electron chi connectivity index (χ3n) is 5.69. The van der Waals surface area contributed by atoms with Crippen molar-refractivity contribution < 1.29 is 41.4 Å². The number of esters is 1. The molecule has 9 nitrogen and oxygen atoms in total. The molecule has 0 fully saturated rings. The highest BCUT2D eigenvalue weighted by molar-refractivity contribution is 7.79. The number of hydrogen-bond acceptors (Lipinski definition) is 8. The van der Waals surface area contributed by atoms with E-state index >= 15 is 0 Å². The first kappa shape index (κ1) is 30.8. The Hall–Kier alpha value is -3.47. The number of anilines is 2. The Labute approximate surface area is 220 Å². The van der Waals surface area contributed by atoms with E-state index in [2.05, 4.69) is 15.4 Å². The van der Waals surface area contributed by atoms with E-state index in [1.54, 1.807) is 12.1 Å². The SMILES string of the molecule is COC(=O)CCCCCNc1ccc([C@H](S(=O)[O-])[C@@](C)(O)C(=O)Nc2ccc(C#N)c(C(F)(F)F)c2)cc1. The predicted molar refractivity (Wildman–Crippen MR) is 132 cm³/mol. The molecule has 3 atom stereocenters. The van der Waals surface area contributed by atoms with Gasteiger partial charge in [-0.3, -0.25) is 13.8 Å². The lowest BCUT2D eigenvalue weighted by Gasteiger charge is -2.33. The van der Waals surface area contributed by atoms with E-state index in [0.29, 0.717) is 31.1 Å². The summed E-state index contributed by atoms with van der Waals surface area (Å²) >= 11 is -2.99. The minimum absolute atomic E-state index is 0.0814. The van der Waals surface area contributed by atoms with Gasteiger partial charge in [0, 0.05) is 24.3 Å². The average molecular weight is 555 g/mol. The van der Waals surface area contributed by atoms with Gasteiger partial charge in [-0.1, -0.05) is 18.6 Å². The lowest BCUT2D eigenvalue weighted by Crippen LogP contribution is -2.46. The van der Waals surface area contributed by atoms with Crippen molar-refractivity contribution in [2.45, 2.75) is 49.6 Å². The fraction of sp³-hybridized carbons (Fsp3) is 0.400. The van der Waals surface area contributed by atoms with Gasteiger partial charge in [0.15, 0.2) is 5.60 Å². The molecule has 1 unspecified atom stereocenters. The number of amides is 1. The zero-order valence-electron chi connectivity index (χ0n) is 20.6. The summed E-state index contributed by atoms with van der Waals surface area (Å²) in [7, 11) is 1.33. The minimum Gasteiger partial charge on any atom is -0.772 e. The fourth-order valence-electron chi connectivity index (χ4n) is 3.64. The van der Waals surface area contributed by atoms with E-state index in [4.69, 9.17) is 5.26 Å². The highest BCUT2D eigenvalue weighted by atomic mass is 32.2. The highest BCUT2D eigenvalue weighted by Gasteiger charge is 2.42. The summed E-state index contributed by atoms with van der Waals surface area (Å²) in [6.45, 7) is 1.53. The van der Waals surface area contributed by atoms with Gasteiger partial charge in [0.25, 0.3) is 5.91 Å². The molecule has 2 rings (SSSR count). The van der Waals surface area contributed by atoms with Gasteiger partial charge in [-0.15, -0.1) is 0 Å². The van der Waals surface area contributed by atoms with Crippen molar-refractivity contribution in [1.29, 1.82) is 5.26 Å². The number of benzene rings is 2. The van der Waals surface area contributed by atoms with Crippen LogP contribution in [0.25, 0.3) is 0 Å². The van der Waals surface area contributed by atoms with Crippen molar-refractivity contribution in [3.05, 3.63) is 59.2 Å². The van der Waals surface area contributed by atoms with Gasteiger partial charge in [-0.25, -0.2) is 0 Å². The minimum atomic E-state index is -4.87. The van der Waals surface area contributed by atoms with Gasteiger partial charge >= 0.3 is 12.1 Å². The summed E-state index contributed by atoms with van der Waals surface area (Å²) in [5.41, 5.74) is -4.14. The molecule has 0 aliphatic heterocycles. The number of aliphatic hydroxyl groups is 1. The standard InChI is InChI=1S/C25H28F3N3O6S/c1-24(34,23(33)31-19-12-9-17(15-29)20(14-19)25(26,27)28)22(38(35)36)16-7-10-18(11-8-16)30-13-5-3-4-6-21(32)37-2/h7-12,14,22,30,34H,3-6,13H2,1-2H3,(H,31,33)(H,35,36)/p-1/t22-,24+/m0/s1. The Balaban J connectivity index is 2.10. The van der Waals surface area contributed by atoms with Crippen molar-refractivity contribution in [3.8, 4) is 6.07 Å². The molecule has 0 radical (unpaired) electrons. The summed E-state index contributed by atoms with van der Waals surface area (Å²) in [5, 5.41) is 23.3. The number of alkyl halides is 3. The molecule has 2 aromatic carbocycles. The van der Waals surface area contributed by atoms with E-state index in [9.17, 15) is 36.6 Å². The fourth-order valence-corrected chi connectivity index (χ4v) is 4.50. The van der Waals surface area contributed by atoms with E-state index in [1.165, 1.54) is 25.3 Å². The van der Waals surface area contributed by atoms with Crippen LogP contribution in [0.5, 0.6) is 0 Å².